The van der Waals surface area contributed by atoms with Crippen LogP contribution in [0.15, 0.2) is 0 Å². The van der Waals surface area contributed by atoms with Crippen LogP contribution in [0.1, 0.15) is 32.6 Å². The van der Waals surface area contributed by atoms with Gasteiger partial charge in [-0.05, 0) is 19.8 Å². The number of carboxylic acid groups (broad SMARTS) is 1. The van der Waals surface area contributed by atoms with E-state index in [0.29, 0.717) is 13.1 Å². The molecule has 3 amide bonds. The van der Waals surface area contributed by atoms with Crippen LogP contribution in [0.3, 0.4) is 0 Å². The van der Waals surface area contributed by atoms with Gasteiger partial charge in [-0.3, -0.25) is 9.59 Å². The number of carbonyl (C=O) groups is 3. The first kappa shape index (κ1) is 15.3. The summed E-state index contributed by atoms with van der Waals surface area (Å²) < 4.78 is 0. The lowest BCUT2D eigenvalue weighted by atomic mass is 10.1. The highest BCUT2D eigenvalue weighted by Crippen LogP contribution is 2.19. The number of hydrogen-bond acceptors (Lipinski definition) is 3. The van der Waals surface area contributed by atoms with Crippen molar-refractivity contribution < 1.29 is 19.5 Å². The molecule has 1 fully saturated rings. The van der Waals surface area contributed by atoms with E-state index in [0.717, 1.165) is 12.8 Å². The van der Waals surface area contributed by atoms with E-state index in [9.17, 15) is 14.4 Å². The minimum Gasteiger partial charge on any atom is -0.481 e. The lowest BCUT2D eigenvalue weighted by molar-refractivity contribution is -0.138. The normalized spacial score (nSPS) is 18.2. The Morgan fingerprint density at radius 2 is 2.05 bits per heavy atom. The van der Waals surface area contributed by atoms with Crippen LogP contribution in [0.25, 0.3) is 0 Å². The van der Waals surface area contributed by atoms with Crippen LogP contribution in [-0.4, -0.2) is 53.6 Å². The quantitative estimate of drug-likeness (QED) is 0.641. The van der Waals surface area contributed by atoms with Crippen LogP contribution >= 0.6 is 0 Å². The Labute approximate surface area is 112 Å². The number of rotatable bonds is 6. The molecule has 7 heteroatoms. The second-order valence-corrected chi connectivity index (χ2v) is 4.52. The molecule has 0 saturated carbocycles. The average Bonchev–Trinajstić information content (AvgIpc) is 2.76. The van der Waals surface area contributed by atoms with Crippen molar-refractivity contribution in [3.05, 3.63) is 0 Å². The summed E-state index contributed by atoms with van der Waals surface area (Å²) in [6.07, 6.45) is 1.75. The fraction of sp³-hybridized carbons (Fsp3) is 0.750. The van der Waals surface area contributed by atoms with Gasteiger partial charge in [-0.2, -0.15) is 0 Å². The van der Waals surface area contributed by atoms with Gasteiger partial charge < -0.3 is 20.6 Å². The SMILES string of the molecule is CCNC(=O)CCNC(=O)N1CCCC1CC(=O)O. The fourth-order valence-corrected chi connectivity index (χ4v) is 2.19. The molecule has 0 aromatic heterocycles. The summed E-state index contributed by atoms with van der Waals surface area (Å²) in [6, 6.07) is -0.519. The summed E-state index contributed by atoms with van der Waals surface area (Å²) in [5.41, 5.74) is 0. The van der Waals surface area contributed by atoms with Gasteiger partial charge in [0.05, 0.1) is 6.42 Å². The maximum Gasteiger partial charge on any atom is 0.317 e. The molecular weight excluding hydrogens is 250 g/mol. The maximum atomic E-state index is 11.9. The Morgan fingerprint density at radius 3 is 2.68 bits per heavy atom. The van der Waals surface area contributed by atoms with E-state index in [-0.39, 0.29) is 37.4 Å². The minimum atomic E-state index is -0.896. The molecule has 0 aromatic carbocycles. The van der Waals surface area contributed by atoms with Crippen molar-refractivity contribution in [3.8, 4) is 0 Å². The molecule has 0 radical (unpaired) electrons. The highest BCUT2D eigenvalue weighted by atomic mass is 16.4. The smallest absolute Gasteiger partial charge is 0.317 e. The van der Waals surface area contributed by atoms with E-state index in [2.05, 4.69) is 10.6 Å². The van der Waals surface area contributed by atoms with Crippen molar-refractivity contribution >= 4 is 17.9 Å². The van der Waals surface area contributed by atoms with E-state index in [1.807, 2.05) is 6.92 Å². The van der Waals surface area contributed by atoms with Crippen molar-refractivity contribution in [2.24, 2.45) is 0 Å². The van der Waals surface area contributed by atoms with Gasteiger partial charge in [-0.1, -0.05) is 0 Å². The summed E-state index contributed by atoms with van der Waals surface area (Å²) in [7, 11) is 0. The molecule has 3 N–H and O–H groups in total. The van der Waals surface area contributed by atoms with Gasteiger partial charge in [-0.15, -0.1) is 0 Å². The third-order valence-electron chi connectivity index (χ3n) is 3.05. The average molecular weight is 271 g/mol. The van der Waals surface area contributed by atoms with Crippen LogP contribution in [-0.2, 0) is 9.59 Å². The molecule has 1 rings (SSSR count). The van der Waals surface area contributed by atoms with E-state index < -0.39 is 5.97 Å². The molecule has 1 unspecified atom stereocenters. The van der Waals surface area contributed by atoms with E-state index in [4.69, 9.17) is 5.11 Å². The number of hydrogen-bond donors (Lipinski definition) is 3. The van der Waals surface area contributed by atoms with Crippen LogP contribution in [0.5, 0.6) is 0 Å². The first-order valence-corrected chi connectivity index (χ1v) is 6.57. The van der Waals surface area contributed by atoms with Gasteiger partial charge in [-0.25, -0.2) is 4.79 Å². The number of carbonyl (C=O) groups excluding carboxylic acids is 2. The predicted octanol–water partition coefficient (Wildman–Crippen LogP) is 0.161. The van der Waals surface area contributed by atoms with Crippen LogP contribution in [0.2, 0.25) is 0 Å². The third kappa shape index (κ3) is 5.15. The number of carboxylic acids is 1. The monoisotopic (exact) mass is 271 g/mol. The molecular formula is C12H21N3O4. The lowest BCUT2D eigenvalue weighted by Gasteiger charge is -2.23. The second kappa shape index (κ2) is 7.60. The van der Waals surface area contributed by atoms with Gasteiger partial charge in [0.25, 0.3) is 0 Å². The zero-order valence-corrected chi connectivity index (χ0v) is 11.1. The molecule has 0 bridgehead atoms. The number of amides is 3. The highest BCUT2D eigenvalue weighted by molar-refractivity contribution is 5.79. The Kier molecular flexibility index (Phi) is 6.11. The number of nitrogens with one attached hydrogen (secondary N) is 2. The molecule has 7 nitrogen and oxygen atoms in total. The van der Waals surface area contributed by atoms with Crippen molar-refractivity contribution in [1.29, 1.82) is 0 Å². The van der Waals surface area contributed by atoms with Gasteiger partial charge in [0.2, 0.25) is 5.91 Å². The third-order valence-corrected chi connectivity index (χ3v) is 3.05. The van der Waals surface area contributed by atoms with E-state index in [1.165, 1.54) is 0 Å². The Hall–Kier alpha value is -1.79. The van der Waals surface area contributed by atoms with E-state index >= 15 is 0 Å². The van der Waals surface area contributed by atoms with Crippen molar-refractivity contribution in [2.75, 3.05) is 19.6 Å². The number of aliphatic carboxylic acids is 1. The molecule has 1 saturated heterocycles. The first-order chi connectivity index (χ1) is 9.04. The summed E-state index contributed by atoms with van der Waals surface area (Å²) in [6.45, 7) is 3.24. The van der Waals surface area contributed by atoms with Gasteiger partial charge in [0.15, 0.2) is 0 Å². The lowest BCUT2D eigenvalue weighted by Crippen LogP contribution is -2.44. The highest BCUT2D eigenvalue weighted by Gasteiger charge is 2.30. The Bertz CT molecular complexity index is 346. The molecule has 0 aromatic rings. The summed E-state index contributed by atoms with van der Waals surface area (Å²) in [5, 5.41) is 14.1. The van der Waals surface area contributed by atoms with Gasteiger partial charge in [0.1, 0.15) is 0 Å². The van der Waals surface area contributed by atoms with Crippen molar-refractivity contribution in [1.82, 2.24) is 15.5 Å². The Balaban J connectivity index is 2.32. The molecule has 1 aliphatic heterocycles. The molecule has 1 atom stereocenters. The minimum absolute atomic E-state index is 0.0241. The summed E-state index contributed by atoms with van der Waals surface area (Å²) in [5.74, 6) is -1.00. The number of urea groups is 1. The summed E-state index contributed by atoms with van der Waals surface area (Å²) >= 11 is 0. The van der Waals surface area contributed by atoms with Crippen molar-refractivity contribution in [2.45, 2.75) is 38.6 Å². The van der Waals surface area contributed by atoms with Gasteiger partial charge in [0, 0.05) is 32.1 Å². The summed E-state index contributed by atoms with van der Waals surface area (Å²) in [4.78, 5) is 35.3. The maximum absolute atomic E-state index is 11.9. The fourth-order valence-electron chi connectivity index (χ4n) is 2.19. The number of nitrogens with zero attached hydrogens (tertiary/aromatic N) is 1. The van der Waals surface area contributed by atoms with Crippen LogP contribution < -0.4 is 10.6 Å². The van der Waals surface area contributed by atoms with Crippen molar-refractivity contribution in [3.63, 3.8) is 0 Å². The van der Waals surface area contributed by atoms with Crippen LogP contribution in [0.4, 0.5) is 4.79 Å². The topological polar surface area (TPSA) is 98.7 Å². The first-order valence-electron chi connectivity index (χ1n) is 6.57. The standard InChI is InChI=1S/C12H21N3O4/c1-2-13-10(16)5-6-14-12(19)15-7-3-4-9(15)8-11(17)18/h9H,2-8H2,1H3,(H,13,16)(H,14,19)(H,17,18). The molecule has 1 heterocycles. The molecule has 1 aliphatic rings. The molecule has 19 heavy (non-hydrogen) atoms. The zero-order valence-electron chi connectivity index (χ0n) is 11.1. The largest absolute Gasteiger partial charge is 0.481 e. The van der Waals surface area contributed by atoms with E-state index in [1.54, 1.807) is 4.90 Å². The van der Waals surface area contributed by atoms with Gasteiger partial charge >= 0.3 is 12.0 Å². The second-order valence-electron chi connectivity index (χ2n) is 4.52. The number of likely N-dealkylation sites (tertiary alicyclic amines) is 1. The molecule has 0 spiro atoms. The molecule has 108 valence electrons. The predicted molar refractivity (Wildman–Crippen MR) is 68.7 cm³/mol. The van der Waals surface area contributed by atoms with Crippen LogP contribution in [0, 0.1) is 0 Å². The zero-order chi connectivity index (χ0) is 14.3. The molecule has 0 aliphatic carbocycles. The Morgan fingerprint density at radius 1 is 1.32 bits per heavy atom.